The predicted octanol–water partition coefficient (Wildman–Crippen LogP) is 0.235. The average molecular weight is 251 g/mol. The Morgan fingerprint density at radius 3 is 2.72 bits per heavy atom. The van der Waals surface area contributed by atoms with Gasteiger partial charge in [0.05, 0.1) is 18.7 Å². The molecule has 5 heteroatoms. The third-order valence-corrected chi connectivity index (χ3v) is 4.52. The van der Waals surface area contributed by atoms with Crippen LogP contribution in [0.1, 0.15) is 33.1 Å². The van der Waals surface area contributed by atoms with E-state index in [1.165, 1.54) is 0 Å². The van der Waals surface area contributed by atoms with Crippen molar-refractivity contribution >= 4 is 5.91 Å². The maximum atomic E-state index is 12.4. The van der Waals surface area contributed by atoms with Crippen LogP contribution in [0.3, 0.4) is 0 Å². The van der Waals surface area contributed by atoms with Crippen LogP contribution in [0.15, 0.2) is 0 Å². The molecule has 0 aromatic heterocycles. The molecule has 3 unspecified atom stereocenters. The van der Waals surface area contributed by atoms with Gasteiger partial charge in [0.1, 0.15) is 6.04 Å². The number of carbonyl (C=O) groups excluding carboxylic acids is 1. The van der Waals surface area contributed by atoms with E-state index in [1.54, 1.807) is 18.7 Å². The summed E-state index contributed by atoms with van der Waals surface area (Å²) < 4.78 is 0. The lowest BCUT2D eigenvalue weighted by Crippen LogP contribution is -2.57. The van der Waals surface area contributed by atoms with E-state index in [0.29, 0.717) is 5.92 Å². The fourth-order valence-corrected chi connectivity index (χ4v) is 2.85. The molecule has 1 saturated carbocycles. The van der Waals surface area contributed by atoms with Gasteiger partial charge >= 0.3 is 0 Å². The van der Waals surface area contributed by atoms with Gasteiger partial charge < -0.3 is 15.7 Å². The van der Waals surface area contributed by atoms with Gasteiger partial charge in [-0.15, -0.1) is 0 Å². The Morgan fingerprint density at radius 2 is 2.28 bits per heavy atom. The first kappa shape index (κ1) is 13.3. The second-order valence-corrected chi connectivity index (χ2v) is 6.16. The molecule has 0 spiro atoms. The molecule has 1 amide bonds. The average Bonchev–Trinajstić information content (AvgIpc) is 2.58. The van der Waals surface area contributed by atoms with Crippen LogP contribution in [-0.4, -0.2) is 40.6 Å². The topological polar surface area (TPSA) is 90.3 Å². The molecule has 2 fully saturated rings. The fraction of sp³-hybridized carbons (Fsp3) is 0.846. The summed E-state index contributed by atoms with van der Waals surface area (Å²) in [7, 11) is 0. The molecule has 18 heavy (non-hydrogen) atoms. The summed E-state index contributed by atoms with van der Waals surface area (Å²) in [5.41, 5.74) is 5.32. The lowest BCUT2D eigenvalue weighted by Gasteiger charge is -2.40. The molecule has 0 bridgehead atoms. The highest BCUT2D eigenvalue weighted by atomic mass is 16.3. The van der Waals surface area contributed by atoms with Crippen molar-refractivity contribution < 1.29 is 9.90 Å². The molecule has 2 aliphatic rings. The number of fused-ring (bicyclic) bond motifs is 1. The minimum atomic E-state index is -0.752. The molecule has 1 heterocycles. The molecule has 0 aromatic carbocycles. The number of nitriles is 1. The second-order valence-electron chi connectivity index (χ2n) is 6.16. The summed E-state index contributed by atoms with van der Waals surface area (Å²) in [6.07, 6.45) is 2.85. The Bertz CT molecular complexity index is 388. The number of likely N-dealkylation sites (tertiary alicyclic amines) is 1. The number of hydrogen-bond acceptors (Lipinski definition) is 4. The summed E-state index contributed by atoms with van der Waals surface area (Å²) in [6.45, 7) is 3.40. The van der Waals surface area contributed by atoms with Gasteiger partial charge in [-0.1, -0.05) is 13.8 Å². The van der Waals surface area contributed by atoms with Gasteiger partial charge in [0, 0.05) is 11.5 Å². The smallest absolute Gasteiger partial charge is 0.241 e. The second kappa shape index (κ2) is 4.52. The van der Waals surface area contributed by atoms with Crippen LogP contribution < -0.4 is 5.73 Å². The van der Waals surface area contributed by atoms with Crippen molar-refractivity contribution in [2.45, 2.75) is 51.2 Å². The maximum absolute atomic E-state index is 12.4. The fourth-order valence-electron chi connectivity index (χ4n) is 2.85. The normalized spacial score (nSPS) is 32.4. The Balaban J connectivity index is 2.15. The van der Waals surface area contributed by atoms with Crippen molar-refractivity contribution in [2.75, 3.05) is 6.61 Å². The first-order valence-corrected chi connectivity index (χ1v) is 6.50. The Kier molecular flexibility index (Phi) is 3.35. The third kappa shape index (κ3) is 1.90. The number of rotatable bonds is 3. The summed E-state index contributed by atoms with van der Waals surface area (Å²) >= 11 is 0. The van der Waals surface area contributed by atoms with Gasteiger partial charge in [-0.2, -0.15) is 5.26 Å². The Hall–Kier alpha value is -1.12. The zero-order valence-electron chi connectivity index (χ0n) is 11.0. The minimum absolute atomic E-state index is 0.140. The highest BCUT2D eigenvalue weighted by Crippen LogP contribution is 2.44. The Morgan fingerprint density at radius 1 is 1.61 bits per heavy atom. The van der Waals surface area contributed by atoms with Gasteiger partial charge in [0.25, 0.3) is 0 Å². The van der Waals surface area contributed by atoms with E-state index in [-0.39, 0.29) is 24.6 Å². The predicted molar refractivity (Wildman–Crippen MR) is 66.2 cm³/mol. The van der Waals surface area contributed by atoms with Crippen LogP contribution in [0.2, 0.25) is 0 Å². The van der Waals surface area contributed by atoms with Crippen molar-refractivity contribution in [2.24, 2.45) is 17.1 Å². The standard InChI is InChI=1S/C13H21N3O2/c1-13(2,7-17)11(15)12(18)16-9(6-14)5-8-3-4-10(8)16/h8-11,17H,3-5,7,15H2,1-2H3/t8?,9?,10-,11?/m0/s1. The number of nitrogens with zero attached hydrogens (tertiary/aromatic N) is 2. The van der Waals surface area contributed by atoms with Crippen molar-refractivity contribution in [1.82, 2.24) is 4.90 Å². The van der Waals surface area contributed by atoms with Crippen molar-refractivity contribution in [1.29, 1.82) is 5.26 Å². The molecule has 4 atom stereocenters. The zero-order chi connectivity index (χ0) is 13.5. The zero-order valence-corrected chi connectivity index (χ0v) is 11.0. The van der Waals surface area contributed by atoms with E-state index in [0.717, 1.165) is 19.3 Å². The minimum Gasteiger partial charge on any atom is -0.396 e. The quantitative estimate of drug-likeness (QED) is 0.751. The molecular formula is C13H21N3O2. The summed E-state index contributed by atoms with van der Waals surface area (Å²) in [5, 5.41) is 18.5. The first-order valence-electron chi connectivity index (χ1n) is 6.50. The van der Waals surface area contributed by atoms with Crippen LogP contribution in [0, 0.1) is 22.7 Å². The number of aliphatic hydroxyl groups excluding tert-OH is 1. The highest BCUT2D eigenvalue weighted by molar-refractivity contribution is 5.84. The highest BCUT2D eigenvalue weighted by Gasteiger charge is 2.50. The van der Waals surface area contributed by atoms with E-state index in [2.05, 4.69) is 6.07 Å². The van der Waals surface area contributed by atoms with Crippen LogP contribution in [0.4, 0.5) is 0 Å². The van der Waals surface area contributed by atoms with Crippen molar-refractivity contribution in [3.05, 3.63) is 0 Å². The lowest BCUT2D eigenvalue weighted by atomic mass is 9.79. The van der Waals surface area contributed by atoms with Crippen LogP contribution >= 0.6 is 0 Å². The SMILES string of the molecule is CC(C)(CO)C(N)C(=O)N1C(C#N)CC2CC[C@@H]21. The lowest BCUT2D eigenvalue weighted by molar-refractivity contribution is -0.139. The van der Waals surface area contributed by atoms with Crippen LogP contribution in [0.5, 0.6) is 0 Å². The van der Waals surface area contributed by atoms with E-state index < -0.39 is 11.5 Å². The van der Waals surface area contributed by atoms with Gasteiger partial charge in [0.15, 0.2) is 0 Å². The molecule has 0 radical (unpaired) electrons. The van der Waals surface area contributed by atoms with Crippen molar-refractivity contribution in [3.8, 4) is 6.07 Å². The van der Waals surface area contributed by atoms with E-state index in [1.807, 2.05) is 0 Å². The molecule has 1 aliphatic carbocycles. The maximum Gasteiger partial charge on any atom is 0.241 e. The monoisotopic (exact) mass is 251 g/mol. The van der Waals surface area contributed by atoms with E-state index in [4.69, 9.17) is 11.0 Å². The molecule has 100 valence electrons. The number of hydrogen-bond donors (Lipinski definition) is 2. The molecule has 5 nitrogen and oxygen atoms in total. The molecular weight excluding hydrogens is 230 g/mol. The van der Waals surface area contributed by atoms with E-state index in [9.17, 15) is 9.90 Å². The van der Waals surface area contributed by atoms with Gasteiger partial charge in [-0.25, -0.2) is 0 Å². The third-order valence-electron chi connectivity index (χ3n) is 4.52. The molecule has 1 saturated heterocycles. The number of aliphatic hydroxyl groups is 1. The van der Waals surface area contributed by atoms with Gasteiger partial charge in [0.2, 0.25) is 5.91 Å². The molecule has 3 N–H and O–H groups in total. The van der Waals surface area contributed by atoms with E-state index >= 15 is 0 Å². The number of carbonyl (C=O) groups is 1. The van der Waals surface area contributed by atoms with Crippen LogP contribution in [0.25, 0.3) is 0 Å². The largest absolute Gasteiger partial charge is 0.396 e. The summed E-state index contributed by atoms with van der Waals surface area (Å²) in [5.74, 6) is 0.288. The van der Waals surface area contributed by atoms with Gasteiger partial charge in [-0.3, -0.25) is 4.79 Å². The molecule has 2 rings (SSSR count). The van der Waals surface area contributed by atoms with Crippen molar-refractivity contribution in [3.63, 3.8) is 0 Å². The molecule has 1 aliphatic heterocycles. The first-order chi connectivity index (χ1) is 8.42. The van der Waals surface area contributed by atoms with Gasteiger partial charge in [-0.05, 0) is 25.2 Å². The summed E-state index contributed by atoms with van der Waals surface area (Å²) in [6, 6.07) is 1.31. The summed E-state index contributed by atoms with van der Waals surface area (Å²) in [4.78, 5) is 14.1. The number of nitrogens with two attached hydrogens (primary N) is 1. The number of amides is 1. The van der Waals surface area contributed by atoms with Crippen LogP contribution in [-0.2, 0) is 4.79 Å². The molecule has 0 aromatic rings. The Labute approximate surface area is 108 Å².